The summed E-state index contributed by atoms with van der Waals surface area (Å²) in [6.07, 6.45) is 18.6. The van der Waals surface area contributed by atoms with E-state index in [2.05, 4.69) is 46.5 Å². The molecule has 136 valence electrons. The third-order valence-electron chi connectivity index (χ3n) is 5.15. The molecule has 0 atom stereocenters. The minimum atomic E-state index is 0.171. The average Bonchev–Trinajstić information content (AvgIpc) is 2.74. The number of fused-ring (bicyclic) bond motifs is 1. The molecule has 0 spiro atoms. The van der Waals surface area contributed by atoms with Gasteiger partial charge in [0.1, 0.15) is 0 Å². The van der Waals surface area contributed by atoms with Crippen LogP contribution >= 0.6 is 0 Å². The minimum Gasteiger partial charge on any atom is -0.374 e. The highest BCUT2D eigenvalue weighted by Crippen LogP contribution is 2.23. The molecule has 2 aliphatic rings. The number of benzene rings is 1. The van der Waals surface area contributed by atoms with Crippen LogP contribution in [0.25, 0.3) is 10.9 Å². The molecule has 0 amide bonds. The highest BCUT2D eigenvalue weighted by molar-refractivity contribution is 5.98. The van der Waals surface area contributed by atoms with Crippen molar-refractivity contribution in [1.82, 2.24) is 9.88 Å². The molecule has 1 aliphatic heterocycles. The molecule has 27 heavy (non-hydrogen) atoms. The Bertz CT molecular complexity index is 965. The van der Waals surface area contributed by atoms with Gasteiger partial charge in [-0.2, -0.15) is 0 Å². The zero-order valence-electron chi connectivity index (χ0n) is 15.5. The van der Waals surface area contributed by atoms with Gasteiger partial charge in [0, 0.05) is 36.7 Å². The van der Waals surface area contributed by atoms with Crippen LogP contribution in [0.3, 0.4) is 0 Å². The Morgan fingerprint density at radius 2 is 2.07 bits per heavy atom. The Balaban J connectivity index is 1.27. The molecule has 0 radical (unpaired) electrons. The lowest BCUT2D eigenvalue weighted by molar-refractivity contribution is 0.0977. The molecule has 0 N–H and O–H groups in total. The Kier molecular flexibility index (Phi) is 5.29. The van der Waals surface area contributed by atoms with Crippen molar-refractivity contribution in [3.05, 3.63) is 89.8 Å². The summed E-state index contributed by atoms with van der Waals surface area (Å²) in [6.45, 7) is 1.81. The van der Waals surface area contributed by atoms with Crippen LogP contribution in [-0.4, -0.2) is 28.8 Å². The number of rotatable bonds is 6. The number of allylic oxidation sites excluding steroid dienone is 6. The first-order valence-electron chi connectivity index (χ1n) is 9.64. The van der Waals surface area contributed by atoms with E-state index in [1.165, 1.54) is 11.1 Å². The predicted molar refractivity (Wildman–Crippen MR) is 111 cm³/mol. The van der Waals surface area contributed by atoms with Gasteiger partial charge >= 0.3 is 0 Å². The van der Waals surface area contributed by atoms with Crippen LogP contribution in [0.15, 0.2) is 84.3 Å². The highest BCUT2D eigenvalue weighted by Gasteiger charge is 2.11. The van der Waals surface area contributed by atoms with Crippen LogP contribution < -0.4 is 0 Å². The second-order valence-corrected chi connectivity index (χ2v) is 7.05. The fourth-order valence-corrected chi connectivity index (χ4v) is 3.58. The van der Waals surface area contributed by atoms with E-state index in [1.807, 2.05) is 30.3 Å². The maximum atomic E-state index is 12.5. The molecule has 3 heteroatoms. The molecule has 3 nitrogen and oxygen atoms in total. The standard InChI is InChI=1S/C24H24N2O/c27-24(22-17-21-9-4-5-10-23(21)25-18-22)11-6-14-26-15-12-20(13-16-26)19-7-2-1-3-8-19/h1-2,4-5,8-10,12-13,15,17-18H,3,6-7,11,14,16H2. The van der Waals surface area contributed by atoms with E-state index >= 15 is 0 Å². The van der Waals surface area contributed by atoms with Gasteiger partial charge in [-0.25, -0.2) is 0 Å². The molecular formula is C24H24N2O. The van der Waals surface area contributed by atoms with E-state index in [0.717, 1.165) is 43.3 Å². The smallest absolute Gasteiger partial charge is 0.164 e. The number of Topliss-reactive ketones (excluding diaryl/α,β-unsaturated/α-hetero) is 1. The zero-order valence-corrected chi connectivity index (χ0v) is 15.5. The van der Waals surface area contributed by atoms with Gasteiger partial charge in [0.05, 0.1) is 5.52 Å². The summed E-state index contributed by atoms with van der Waals surface area (Å²) in [5, 5.41) is 1.02. The van der Waals surface area contributed by atoms with E-state index in [0.29, 0.717) is 12.0 Å². The monoisotopic (exact) mass is 356 g/mol. The molecule has 2 aromatic rings. The van der Waals surface area contributed by atoms with Crippen LogP contribution in [-0.2, 0) is 0 Å². The molecule has 2 heterocycles. The number of pyridine rings is 1. The van der Waals surface area contributed by atoms with Crippen molar-refractivity contribution in [3.8, 4) is 0 Å². The molecule has 1 aliphatic carbocycles. The van der Waals surface area contributed by atoms with Crippen LogP contribution in [0.2, 0.25) is 0 Å². The number of aromatic nitrogens is 1. The third-order valence-corrected chi connectivity index (χ3v) is 5.15. The molecule has 1 aromatic carbocycles. The summed E-state index contributed by atoms with van der Waals surface area (Å²) < 4.78 is 0. The van der Waals surface area contributed by atoms with E-state index in [1.54, 1.807) is 6.20 Å². The number of nitrogens with zero attached hydrogens (tertiary/aromatic N) is 2. The second kappa shape index (κ2) is 8.17. The number of hydrogen-bond acceptors (Lipinski definition) is 3. The lowest BCUT2D eigenvalue weighted by atomic mass is 9.96. The molecule has 0 unspecified atom stereocenters. The fourth-order valence-electron chi connectivity index (χ4n) is 3.58. The minimum absolute atomic E-state index is 0.171. The SMILES string of the molecule is O=C(CCCN1C=CC(C2=CCC=CC2)=CC1)c1cnc2ccccc2c1. The van der Waals surface area contributed by atoms with Crippen molar-refractivity contribution in [2.24, 2.45) is 0 Å². The van der Waals surface area contributed by atoms with Gasteiger partial charge in [0.2, 0.25) is 0 Å². The first-order chi connectivity index (χ1) is 13.3. The van der Waals surface area contributed by atoms with Gasteiger partial charge in [-0.15, -0.1) is 0 Å². The lowest BCUT2D eigenvalue weighted by Crippen LogP contribution is -2.22. The van der Waals surface area contributed by atoms with Crippen LogP contribution in [0.1, 0.15) is 36.0 Å². The van der Waals surface area contributed by atoms with Crippen molar-refractivity contribution < 1.29 is 4.79 Å². The summed E-state index contributed by atoms with van der Waals surface area (Å²) in [6, 6.07) is 9.85. The maximum Gasteiger partial charge on any atom is 0.164 e. The summed E-state index contributed by atoms with van der Waals surface area (Å²) >= 11 is 0. The van der Waals surface area contributed by atoms with Crippen LogP contribution in [0, 0.1) is 0 Å². The maximum absolute atomic E-state index is 12.5. The number of hydrogen-bond donors (Lipinski definition) is 0. The molecule has 4 rings (SSSR count). The second-order valence-electron chi connectivity index (χ2n) is 7.05. The lowest BCUT2D eigenvalue weighted by Gasteiger charge is -2.23. The van der Waals surface area contributed by atoms with Gasteiger partial charge in [0.25, 0.3) is 0 Å². The Morgan fingerprint density at radius 3 is 2.89 bits per heavy atom. The summed E-state index contributed by atoms with van der Waals surface area (Å²) in [4.78, 5) is 19.2. The fraction of sp³-hybridized carbons (Fsp3) is 0.250. The van der Waals surface area contributed by atoms with Gasteiger partial charge in [-0.05, 0) is 54.8 Å². The first kappa shape index (κ1) is 17.5. The van der Waals surface area contributed by atoms with Crippen molar-refractivity contribution in [2.45, 2.75) is 25.7 Å². The zero-order chi connectivity index (χ0) is 18.5. The number of para-hydroxylation sites is 1. The average molecular weight is 356 g/mol. The first-order valence-corrected chi connectivity index (χ1v) is 9.64. The molecular weight excluding hydrogens is 332 g/mol. The summed E-state index contributed by atoms with van der Waals surface area (Å²) in [7, 11) is 0. The van der Waals surface area contributed by atoms with Gasteiger partial charge < -0.3 is 4.90 Å². The molecule has 0 fully saturated rings. The third kappa shape index (κ3) is 4.25. The van der Waals surface area contributed by atoms with Gasteiger partial charge in [-0.1, -0.05) is 42.5 Å². The highest BCUT2D eigenvalue weighted by atomic mass is 16.1. The van der Waals surface area contributed by atoms with Crippen LogP contribution in [0.4, 0.5) is 0 Å². The number of carbonyl (C=O) groups excluding carboxylic acids is 1. The molecule has 0 saturated carbocycles. The predicted octanol–water partition coefficient (Wildman–Crippen LogP) is 5.23. The van der Waals surface area contributed by atoms with E-state index in [4.69, 9.17) is 0 Å². The Morgan fingerprint density at radius 1 is 1.15 bits per heavy atom. The van der Waals surface area contributed by atoms with Crippen molar-refractivity contribution in [2.75, 3.05) is 13.1 Å². The van der Waals surface area contributed by atoms with Gasteiger partial charge in [-0.3, -0.25) is 9.78 Å². The van der Waals surface area contributed by atoms with Gasteiger partial charge in [0.15, 0.2) is 5.78 Å². The van der Waals surface area contributed by atoms with Crippen LogP contribution in [0.5, 0.6) is 0 Å². The topological polar surface area (TPSA) is 33.2 Å². The Hall–Kier alpha value is -2.94. The number of ketones is 1. The largest absolute Gasteiger partial charge is 0.374 e. The quantitative estimate of drug-likeness (QED) is 0.525. The number of carbonyl (C=O) groups is 1. The molecule has 1 aromatic heterocycles. The van der Waals surface area contributed by atoms with E-state index in [9.17, 15) is 4.79 Å². The summed E-state index contributed by atoms with van der Waals surface area (Å²) in [5.74, 6) is 0.171. The molecule has 0 bridgehead atoms. The van der Waals surface area contributed by atoms with E-state index in [-0.39, 0.29) is 5.78 Å². The van der Waals surface area contributed by atoms with Crippen molar-refractivity contribution >= 4 is 16.7 Å². The molecule has 0 saturated heterocycles. The Labute approximate surface area is 160 Å². The van der Waals surface area contributed by atoms with E-state index < -0.39 is 0 Å². The van der Waals surface area contributed by atoms with Crippen molar-refractivity contribution in [3.63, 3.8) is 0 Å². The summed E-state index contributed by atoms with van der Waals surface area (Å²) in [5.41, 5.74) is 4.40. The van der Waals surface area contributed by atoms with Crippen molar-refractivity contribution in [1.29, 1.82) is 0 Å². The normalized spacial score (nSPS) is 16.4.